The molecule has 2 aliphatic rings. The summed E-state index contributed by atoms with van der Waals surface area (Å²) in [4.78, 5) is 12.3. The van der Waals surface area contributed by atoms with Gasteiger partial charge in [0.05, 0.1) is 6.17 Å². The molecule has 2 aliphatic heterocycles. The molecule has 23 heavy (non-hydrogen) atoms. The van der Waals surface area contributed by atoms with Crippen LogP contribution in [0.2, 0.25) is 0 Å². The van der Waals surface area contributed by atoms with E-state index in [4.69, 9.17) is 9.97 Å². The summed E-state index contributed by atoms with van der Waals surface area (Å²) in [5.74, 6) is 1.75. The highest BCUT2D eigenvalue weighted by atomic mass is 15.3. The zero-order valence-electron chi connectivity index (χ0n) is 14.2. The van der Waals surface area contributed by atoms with Crippen LogP contribution in [-0.4, -0.2) is 45.1 Å². The van der Waals surface area contributed by atoms with Crippen LogP contribution in [0, 0.1) is 0 Å². The first-order valence-electron chi connectivity index (χ1n) is 9.05. The summed E-state index contributed by atoms with van der Waals surface area (Å²) < 4.78 is 2.46. The van der Waals surface area contributed by atoms with Crippen LogP contribution >= 0.6 is 0 Å². The maximum atomic E-state index is 5.00. The standard InChI is InChI=1S/C18H27N5/c1-13(2)22-11-4-3-7-16(22)23-17(14-8-10-19-12-14)21-15-6-5-9-20-18(15)23/h5-6,9,13-14,16,19H,3-4,7-8,10-12H2,1-2H3. The summed E-state index contributed by atoms with van der Waals surface area (Å²) in [5, 5.41) is 3.49. The second kappa shape index (κ2) is 6.21. The normalized spacial score (nSPS) is 26.4. The topological polar surface area (TPSA) is 46.0 Å². The number of pyridine rings is 1. The van der Waals surface area contributed by atoms with Gasteiger partial charge in [-0.1, -0.05) is 0 Å². The molecule has 4 rings (SSSR count). The fraction of sp³-hybridized carbons (Fsp3) is 0.667. The molecule has 2 saturated heterocycles. The number of hydrogen-bond donors (Lipinski definition) is 1. The van der Waals surface area contributed by atoms with Crippen LogP contribution in [0.15, 0.2) is 18.3 Å². The predicted octanol–water partition coefficient (Wildman–Crippen LogP) is 2.90. The minimum Gasteiger partial charge on any atom is -0.316 e. The number of likely N-dealkylation sites (tertiary alicyclic amines) is 1. The van der Waals surface area contributed by atoms with E-state index in [2.05, 4.69) is 34.7 Å². The Labute approximate surface area is 138 Å². The maximum absolute atomic E-state index is 5.00. The SMILES string of the molecule is CC(C)N1CCCCC1n1c(C2CCNC2)nc2cccnc21. The van der Waals surface area contributed by atoms with Gasteiger partial charge in [0.15, 0.2) is 5.65 Å². The Hall–Kier alpha value is -1.46. The van der Waals surface area contributed by atoms with Gasteiger partial charge in [0.2, 0.25) is 0 Å². The van der Waals surface area contributed by atoms with Crippen LogP contribution in [0.4, 0.5) is 0 Å². The van der Waals surface area contributed by atoms with Crippen molar-refractivity contribution in [3.05, 3.63) is 24.2 Å². The van der Waals surface area contributed by atoms with Crippen molar-refractivity contribution in [2.45, 2.75) is 57.7 Å². The van der Waals surface area contributed by atoms with Crippen molar-refractivity contribution < 1.29 is 0 Å². The van der Waals surface area contributed by atoms with Crippen LogP contribution in [0.5, 0.6) is 0 Å². The van der Waals surface area contributed by atoms with Crippen LogP contribution in [0.1, 0.15) is 57.4 Å². The first-order valence-corrected chi connectivity index (χ1v) is 9.05. The molecule has 2 atom stereocenters. The predicted molar refractivity (Wildman–Crippen MR) is 92.5 cm³/mol. The molecule has 2 aromatic heterocycles. The fourth-order valence-corrected chi connectivity index (χ4v) is 4.22. The van der Waals surface area contributed by atoms with E-state index in [-0.39, 0.29) is 0 Å². The van der Waals surface area contributed by atoms with E-state index in [1.165, 1.54) is 38.1 Å². The summed E-state index contributed by atoms with van der Waals surface area (Å²) in [6.07, 6.45) is 7.28. The van der Waals surface area contributed by atoms with Gasteiger partial charge in [0.25, 0.3) is 0 Å². The van der Waals surface area contributed by atoms with Gasteiger partial charge < -0.3 is 5.32 Å². The summed E-state index contributed by atoms with van der Waals surface area (Å²) in [6.45, 7) is 7.93. The smallest absolute Gasteiger partial charge is 0.161 e. The number of fused-ring (bicyclic) bond motifs is 1. The van der Waals surface area contributed by atoms with E-state index in [9.17, 15) is 0 Å². The first kappa shape index (κ1) is 15.1. The summed E-state index contributed by atoms with van der Waals surface area (Å²) >= 11 is 0. The fourth-order valence-electron chi connectivity index (χ4n) is 4.22. The van der Waals surface area contributed by atoms with Crippen molar-refractivity contribution >= 4 is 11.2 Å². The number of rotatable bonds is 3. The molecule has 0 radical (unpaired) electrons. The molecular formula is C18H27N5. The molecule has 2 unspecified atom stereocenters. The highest BCUT2D eigenvalue weighted by Gasteiger charge is 2.32. The minimum absolute atomic E-state index is 0.402. The van der Waals surface area contributed by atoms with E-state index in [1.54, 1.807) is 0 Å². The quantitative estimate of drug-likeness (QED) is 0.946. The Morgan fingerprint density at radius 2 is 2.17 bits per heavy atom. The lowest BCUT2D eigenvalue weighted by Gasteiger charge is -2.40. The van der Waals surface area contributed by atoms with E-state index in [1.807, 2.05) is 12.3 Å². The van der Waals surface area contributed by atoms with E-state index < -0.39 is 0 Å². The maximum Gasteiger partial charge on any atom is 0.161 e. The van der Waals surface area contributed by atoms with Gasteiger partial charge in [-0.25, -0.2) is 9.97 Å². The molecule has 0 aromatic carbocycles. The lowest BCUT2D eigenvalue weighted by molar-refractivity contribution is 0.0640. The van der Waals surface area contributed by atoms with E-state index in [0.717, 1.165) is 24.3 Å². The molecule has 124 valence electrons. The molecule has 0 aliphatic carbocycles. The van der Waals surface area contributed by atoms with Gasteiger partial charge in [-0.05, 0) is 58.2 Å². The van der Waals surface area contributed by atoms with Gasteiger partial charge in [-0.3, -0.25) is 9.47 Å². The number of hydrogen-bond acceptors (Lipinski definition) is 4. The van der Waals surface area contributed by atoms with Gasteiger partial charge in [0.1, 0.15) is 11.3 Å². The van der Waals surface area contributed by atoms with Crippen molar-refractivity contribution in [2.24, 2.45) is 0 Å². The number of nitrogens with zero attached hydrogens (tertiary/aromatic N) is 4. The zero-order chi connectivity index (χ0) is 15.8. The molecule has 2 aromatic rings. The number of nitrogens with one attached hydrogen (secondary N) is 1. The van der Waals surface area contributed by atoms with E-state index in [0.29, 0.717) is 18.1 Å². The molecule has 0 spiro atoms. The molecule has 2 fully saturated rings. The largest absolute Gasteiger partial charge is 0.316 e. The third kappa shape index (κ3) is 2.66. The summed E-state index contributed by atoms with van der Waals surface area (Å²) in [6, 6.07) is 4.65. The molecule has 0 amide bonds. The van der Waals surface area contributed by atoms with Crippen molar-refractivity contribution in [1.29, 1.82) is 0 Å². The summed E-state index contributed by atoms with van der Waals surface area (Å²) in [7, 11) is 0. The number of aromatic nitrogens is 3. The van der Waals surface area contributed by atoms with Crippen LogP contribution < -0.4 is 5.32 Å². The van der Waals surface area contributed by atoms with E-state index >= 15 is 0 Å². The third-order valence-corrected chi connectivity index (χ3v) is 5.37. The average Bonchev–Trinajstić information content (AvgIpc) is 3.22. The Bertz CT molecular complexity index is 671. The Kier molecular flexibility index (Phi) is 4.07. The minimum atomic E-state index is 0.402. The molecule has 0 saturated carbocycles. The van der Waals surface area contributed by atoms with Crippen molar-refractivity contribution in [3.63, 3.8) is 0 Å². The van der Waals surface area contributed by atoms with Crippen molar-refractivity contribution in [2.75, 3.05) is 19.6 Å². The first-order chi connectivity index (χ1) is 11.3. The molecule has 4 heterocycles. The Balaban J connectivity index is 1.84. The van der Waals surface area contributed by atoms with Gasteiger partial charge in [-0.2, -0.15) is 0 Å². The van der Waals surface area contributed by atoms with Gasteiger partial charge >= 0.3 is 0 Å². The van der Waals surface area contributed by atoms with Gasteiger partial charge in [-0.15, -0.1) is 0 Å². The highest BCUT2D eigenvalue weighted by Crippen LogP contribution is 2.35. The number of imidazole rings is 1. The Morgan fingerprint density at radius 1 is 1.26 bits per heavy atom. The van der Waals surface area contributed by atoms with Crippen LogP contribution in [-0.2, 0) is 0 Å². The monoisotopic (exact) mass is 313 g/mol. The summed E-state index contributed by atoms with van der Waals surface area (Å²) in [5.41, 5.74) is 2.11. The highest BCUT2D eigenvalue weighted by molar-refractivity contribution is 5.71. The van der Waals surface area contributed by atoms with Gasteiger partial charge in [0, 0.05) is 31.2 Å². The molecule has 0 bridgehead atoms. The third-order valence-electron chi connectivity index (χ3n) is 5.37. The molecule has 1 N–H and O–H groups in total. The second-order valence-corrected chi connectivity index (χ2v) is 7.18. The number of piperidine rings is 1. The second-order valence-electron chi connectivity index (χ2n) is 7.18. The molecular weight excluding hydrogens is 286 g/mol. The van der Waals surface area contributed by atoms with Crippen molar-refractivity contribution in [3.8, 4) is 0 Å². The molecule has 5 nitrogen and oxygen atoms in total. The average molecular weight is 313 g/mol. The zero-order valence-corrected chi connectivity index (χ0v) is 14.2. The Morgan fingerprint density at radius 3 is 2.96 bits per heavy atom. The lowest BCUT2D eigenvalue weighted by Crippen LogP contribution is -2.42. The van der Waals surface area contributed by atoms with Crippen LogP contribution in [0.25, 0.3) is 11.2 Å². The van der Waals surface area contributed by atoms with Crippen LogP contribution in [0.3, 0.4) is 0 Å². The lowest BCUT2D eigenvalue weighted by atomic mass is 10.0. The molecule has 5 heteroatoms. The van der Waals surface area contributed by atoms with Crippen molar-refractivity contribution in [1.82, 2.24) is 24.8 Å².